The first kappa shape index (κ1) is 17.2. The van der Waals surface area contributed by atoms with Gasteiger partial charge in [-0.05, 0) is 43.0 Å². The maximum Gasteiger partial charge on any atom is 0.255 e. The summed E-state index contributed by atoms with van der Waals surface area (Å²) in [5.41, 5.74) is 8.48. The smallest absolute Gasteiger partial charge is 0.255 e. The molecule has 138 valence electrons. The largest absolute Gasteiger partial charge is 0.330 e. The van der Waals surface area contributed by atoms with E-state index in [-0.39, 0.29) is 24.1 Å². The van der Waals surface area contributed by atoms with Gasteiger partial charge in [-0.15, -0.1) is 0 Å². The van der Waals surface area contributed by atoms with Gasteiger partial charge < -0.3 is 10.6 Å². The number of nitrogens with zero attached hydrogens (tertiary/aromatic N) is 2. The number of carbonyl (C=O) groups is 3. The number of piperidine rings is 1. The number of nitrogens with one attached hydrogen (secondary N) is 1. The molecule has 0 bridgehead atoms. The Kier molecular flexibility index (Phi) is 4.50. The van der Waals surface area contributed by atoms with Gasteiger partial charge in [-0.2, -0.15) is 0 Å². The molecule has 26 heavy (non-hydrogen) atoms. The van der Waals surface area contributed by atoms with Gasteiger partial charge in [0, 0.05) is 31.6 Å². The molecule has 2 atom stereocenters. The summed E-state index contributed by atoms with van der Waals surface area (Å²) in [6.45, 7) is 3.82. The van der Waals surface area contributed by atoms with Crippen molar-refractivity contribution in [1.82, 2.24) is 15.1 Å². The summed E-state index contributed by atoms with van der Waals surface area (Å²) in [6.07, 6.45) is 1.77. The fourth-order valence-corrected chi connectivity index (χ4v) is 4.31. The number of fused-ring (bicyclic) bond motifs is 1. The number of carbonyl (C=O) groups excluding carboxylic acids is 3. The standard InChI is InChI=1S/C19H24N4O3/c20-8-12-6-7-22(9-12)10-13-2-1-3-14-11-23(19(26)17(13)14)15-4-5-16(24)21-18(15)25/h1-3,12,15H,4-11,20H2,(H,21,24,25)/t12-,15?/m0/s1. The highest BCUT2D eigenvalue weighted by atomic mass is 16.2. The molecule has 3 N–H and O–H groups in total. The average molecular weight is 356 g/mol. The van der Waals surface area contributed by atoms with Gasteiger partial charge >= 0.3 is 0 Å². The predicted molar refractivity (Wildman–Crippen MR) is 94.9 cm³/mol. The van der Waals surface area contributed by atoms with E-state index in [0.717, 1.165) is 42.7 Å². The third-order valence-corrected chi connectivity index (χ3v) is 5.74. The zero-order chi connectivity index (χ0) is 18.3. The second-order valence-corrected chi connectivity index (χ2v) is 7.48. The zero-order valence-corrected chi connectivity index (χ0v) is 14.7. The van der Waals surface area contributed by atoms with E-state index in [9.17, 15) is 14.4 Å². The molecule has 3 heterocycles. The lowest BCUT2D eigenvalue weighted by molar-refractivity contribution is -0.136. The van der Waals surface area contributed by atoms with Crippen molar-refractivity contribution >= 4 is 17.7 Å². The molecule has 0 saturated carbocycles. The summed E-state index contributed by atoms with van der Waals surface area (Å²) in [5, 5.41) is 2.35. The van der Waals surface area contributed by atoms with Crippen molar-refractivity contribution in [3.63, 3.8) is 0 Å². The molecule has 1 unspecified atom stereocenters. The maximum absolute atomic E-state index is 13.1. The van der Waals surface area contributed by atoms with Crippen molar-refractivity contribution in [2.75, 3.05) is 19.6 Å². The van der Waals surface area contributed by atoms with E-state index in [1.807, 2.05) is 18.2 Å². The van der Waals surface area contributed by atoms with Crippen LogP contribution < -0.4 is 11.1 Å². The van der Waals surface area contributed by atoms with Crippen LogP contribution in [0, 0.1) is 5.92 Å². The third-order valence-electron chi connectivity index (χ3n) is 5.74. The predicted octanol–water partition coefficient (Wildman–Crippen LogP) is 0.228. The normalized spacial score (nSPS) is 26.3. The van der Waals surface area contributed by atoms with Crippen molar-refractivity contribution in [2.45, 2.75) is 38.4 Å². The SMILES string of the molecule is NC[C@@H]1CCN(Cc2cccc3c2C(=O)N(C2CCC(=O)NC2=O)C3)C1. The van der Waals surface area contributed by atoms with Crippen LogP contribution in [-0.4, -0.2) is 53.2 Å². The fraction of sp³-hybridized carbons (Fsp3) is 0.526. The van der Waals surface area contributed by atoms with Crippen molar-refractivity contribution < 1.29 is 14.4 Å². The van der Waals surface area contributed by atoms with Gasteiger partial charge in [0.15, 0.2) is 0 Å². The van der Waals surface area contributed by atoms with Crippen LogP contribution in [0.25, 0.3) is 0 Å². The molecule has 7 heteroatoms. The van der Waals surface area contributed by atoms with E-state index in [1.54, 1.807) is 4.90 Å². The lowest BCUT2D eigenvalue weighted by Crippen LogP contribution is -2.52. The number of imide groups is 1. The first-order chi connectivity index (χ1) is 12.6. The van der Waals surface area contributed by atoms with Gasteiger partial charge in [0.1, 0.15) is 6.04 Å². The quantitative estimate of drug-likeness (QED) is 0.753. The second kappa shape index (κ2) is 6.81. The van der Waals surface area contributed by atoms with Crippen molar-refractivity contribution in [3.05, 3.63) is 34.9 Å². The summed E-state index contributed by atoms with van der Waals surface area (Å²) < 4.78 is 0. The Morgan fingerprint density at radius 1 is 1.19 bits per heavy atom. The fourth-order valence-electron chi connectivity index (χ4n) is 4.31. The average Bonchev–Trinajstić information content (AvgIpc) is 3.20. The Morgan fingerprint density at radius 2 is 2.04 bits per heavy atom. The summed E-state index contributed by atoms with van der Waals surface area (Å²) in [6, 6.07) is 5.37. The van der Waals surface area contributed by atoms with E-state index in [1.165, 1.54) is 0 Å². The molecule has 2 saturated heterocycles. The van der Waals surface area contributed by atoms with Crippen LogP contribution in [-0.2, 0) is 22.7 Å². The number of rotatable bonds is 4. The molecule has 1 aromatic rings. The van der Waals surface area contributed by atoms with E-state index >= 15 is 0 Å². The van der Waals surface area contributed by atoms with Crippen LogP contribution in [0.15, 0.2) is 18.2 Å². The number of nitrogens with two attached hydrogens (primary N) is 1. The van der Waals surface area contributed by atoms with E-state index in [0.29, 0.717) is 25.4 Å². The van der Waals surface area contributed by atoms with Gasteiger partial charge in [0.25, 0.3) is 5.91 Å². The molecule has 3 aliphatic heterocycles. The number of amides is 3. The molecule has 0 aliphatic carbocycles. The number of hydrogen-bond acceptors (Lipinski definition) is 5. The van der Waals surface area contributed by atoms with Crippen LogP contribution in [0.2, 0.25) is 0 Å². The molecule has 0 spiro atoms. The molecule has 0 aromatic heterocycles. The minimum absolute atomic E-state index is 0.0975. The molecule has 7 nitrogen and oxygen atoms in total. The molecular weight excluding hydrogens is 332 g/mol. The zero-order valence-electron chi connectivity index (χ0n) is 14.7. The summed E-state index contributed by atoms with van der Waals surface area (Å²) >= 11 is 0. The lowest BCUT2D eigenvalue weighted by atomic mass is 10.0. The van der Waals surface area contributed by atoms with Crippen LogP contribution in [0.4, 0.5) is 0 Å². The molecule has 4 rings (SSSR count). The monoisotopic (exact) mass is 356 g/mol. The first-order valence-electron chi connectivity index (χ1n) is 9.24. The Morgan fingerprint density at radius 3 is 2.77 bits per heavy atom. The maximum atomic E-state index is 13.1. The Hall–Kier alpha value is -2.25. The van der Waals surface area contributed by atoms with E-state index < -0.39 is 6.04 Å². The highest BCUT2D eigenvalue weighted by molar-refractivity contribution is 6.05. The Labute approximate surface area is 152 Å². The third kappa shape index (κ3) is 3.01. The van der Waals surface area contributed by atoms with Crippen molar-refractivity contribution in [3.8, 4) is 0 Å². The van der Waals surface area contributed by atoms with Gasteiger partial charge in [-0.3, -0.25) is 24.6 Å². The molecule has 2 fully saturated rings. The minimum atomic E-state index is -0.561. The molecule has 1 aromatic carbocycles. The topological polar surface area (TPSA) is 95.7 Å². The van der Waals surface area contributed by atoms with Crippen LogP contribution in [0.1, 0.15) is 40.7 Å². The summed E-state index contributed by atoms with van der Waals surface area (Å²) in [7, 11) is 0. The highest BCUT2D eigenvalue weighted by Crippen LogP contribution is 2.31. The van der Waals surface area contributed by atoms with Gasteiger partial charge in [-0.1, -0.05) is 18.2 Å². The number of benzene rings is 1. The van der Waals surface area contributed by atoms with Crippen LogP contribution in [0.3, 0.4) is 0 Å². The highest BCUT2D eigenvalue weighted by Gasteiger charge is 2.40. The van der Waals surface area contributed by atoms with E-state index in [4.69, 9.17) is 5.73 Å². The Balaban J connectivity index is 1.53. The second-order valence-electron chi connectivity index (χ2n) is 7.48. The van der Waals surface area contributed by atoms with Crippen molar-refractivity contribution in [2.24, 2.45) is 11.7 Å². The van der Waals surface area contributed by atoms with Crippen molar-refractivity contribution in [1.29, 1.82) is 0 Å². The van der Waals surface area contributed by atoms with Crippen LogP contribution in [0.5, 0.6) is 0 Å². The first-order valence-corrected chi connectivity index (χ1v) is 9.24. The van der Waals surface area contributed by atoms with E-state index in [2.05, 4.69) is 10.2 Å². The molecule has 3 aliphatic rings. The summed E-state index contributed by atoms with van der Waals surface area (Å²) in [4.78, 5) is 40.6. The summed E-state index contributed by atoms with van der Waals surface area (Å²) in [5.74, 6) is -0.198. The number of likely N-dealkylation sites (tertiary alicyclic amines) is 1. The molecule has 0 radical (unpaired) electrons. The molecular formula is C19H24N4O3. The Bertz CT molecular complexity index is 763. The van der Waals surface area contributed by atoms with Gasteiger partial charge in [0.2, 0.25) is 11.8 Å². The van der Waals surface area contributed by atoms with Crippen LogP contribution >= 0.6 is 0 Å². The van der Waals surface area contributed by atoms with Gasteiger partial charge in [-0.25, -0.2) is 0 Å². The van der Waals surface area contributed by atoms with Gasteiger partial charge in [0.05, 0.1) is 0 Å². The molecule has 3 amide bonds. The lowest BCUT2D eigenvalue weighted by Gasteiger charge is -2.29. The minimum Gasteiger partial charge on any atom is -0.330 e. The number of hydrogen-bond donors (Lipinski definition) is 2.